The van der Waals surface area contributed by atoms with Crippen LogP contribution in [-0.4, -0.2) is 74.9 Å². The topological polar surface area (TPSA) is 148 Å². The molecule has 2 aromatic rings. The van der Waals surface area contributed by atoms with Gasteiger partial charge in [-0.1, -0.05) is 32.6 Å². The molecule has 1 saturated carbocycles. The van der Waals surface area contributed by atoms with Crippen molar-refractivity contribution in [3.63, 3.8) is 0 Å². The van der Waals surface area contributed by atoms with Gasteiger partial charge in [-0.2, -0.15) is 26.7 Å². The molecule has 1 aliphatic carbocycles. The first-order valence-electron chi connectivity index (χ1n) is 16.3. The zero-order valence-electron chi connectivity index (χ0n) is 27.3. The Morgan fingerprint density at radius 1 is 0.918 bits per heavy atom. The van der Waals surface area contributed by atoms with Crippen LogP contribution in [-0.2, 0) is 25.5 Å². The third-order valence-corrected chi connectivity index (χ3v) is 9.77. The number of rotatable bonds is 13. The van der Waals surface area contributed by atoms with Crippen molar-refractivity contribution >= 4 is 21.9 Å². The Kier molecular flexibility index (Phi) is 14.6. The molecule has 1 saturated heterocycles. The number of nitrogens with two attached hydrogens (primary N) is 1. The van der Waals surface area contributed by atoms with Gasteiger partial charge in [0, 0.05) is 24.7 Å². The molecule has 4 N–H and O–H groups in total. The number of nitrogens with zero attached hydrogens (tertiary/aromatic N) is 1. The summed E-state index contributed by atoms with van der Waals surface area (Å²) in [6.07, 6.45) is 3.38. The Hall–Kier alpha value is -3.50. The fraction of sp³-hybridized carbons (Fsp3) is 0.576. The maximum absolute atomic E-state index is 16.1. The lowest BCUT2D eigenvalue weighted by Crippen LogP contribution is -2.57. The first kappa shape index (κ1) is 39.9. The Bertz CT molecular complexity index is 1440. The molecule has 16 heteroatoms. The predicted molar refractivity (Wildman–Crippen MR) is 171 cm³/mol. The normalized spacial score (nSPS) is 17.1. The molecule has 0 radical (unpaired) electrons. The number of benzene rings is 2. The number of hydrogen-bond donors (Lipinski definition) is 3. The number of unbranched alkanes of at least 4 members (excludes halogenated alkanes) is 1. The van der Waals surface area contributed by atoms with E-state index < -0.39 is 45.6 Å². The second-order valence-corrected chi connectivity index (χ2v) is 13.9. The minimum Gasteiger partial charge on any atom is -0.494 e. The van der Waals surface area contributed by atoms with Gasteiger partial charge in [0.05, 0.1) is 18.1 Å². The van der Waals surface area contributed by atoms with Crippen molar-refractivity contribution in [2.45, 2.75) is 93.8 Å². The number of halogens is 5. The average molecular weight is 722 g/mol. The molecule has 2 fully saturated rings. The van der Waals surface area contributed by atoms with Crippen molar-refractivity contribution in [1.82, 2.24) is 9.62 Å². The number of likely N-dealkylation sites (tertiary alicyclic amines) is 1. The van der Waals surface area contributed by atoms with Gasteiger partial charge in [0.15, 0.2) is 6.04 Å². The maximum atomic E-state index is 16.1. The quantitative estimate of drug-likeness (QED) is 0.173. The van der Waals surface area contributed by atoms with Crippen LogP contribution in [0, 0.1) is 5.92 Å². The van der Waals surface area contributed by atoms with Crippen molar-refractivity contribution in [2.75, 3.05) is 26.3 Å². The van der Waals surface area contributed by atoms with Crippen LogP contribution >= 0.6 is 0 Å². The summed E-state index contributed by atoms with van der Waals surface area (Å²) in [5.41, 5.74) is 5.45. The Balaban J connectivity index is 0.000000838. The van der Waals surface area contributed by atoms with Gasteiger partial charge in [0.1, 0.15) is 11.5 Å². The third kappa shape index (κ3) is 12.1. The molecule has 1 amide bonds. The maximum Gasteiger partial charge on any atom is 0.490 e. The number of carboxylic acid groups (broad SMARTS) is 1. The van der Waals surface area contributed by atoms with Gasteiger partial charge in [0.2, 0.25) is 15.9 Å². The number of hydrogen-bond acceptors (Lipinski definition) is 7. The van der Waals surface area contributed by atoms with Crippen LogP contribution in [0.2, 0.25) is 0 Å². The molecule has 0 unspecified atom stereocenters. The molecule has 1 heterocycles. The van der Waals surface area contributed by atoms with Crippen LogP contribution in [0.25, 0.3) is 0 Å². The summed E-state index contributed by atoms with van der Waals surface area (Å²) >= 11 is 0. The largest absolute Gasteiger partial charge is 0.494 e. The monoisotopic (exact) mass is 721 g/mol. The molecule has 274 valence electrons. The number of piperidine rings is 1. The highest BCUT2D eigenvalue weighted by Crippen LogP contribution is 2.35. The fourth-order valence-electron chi connectivity index (χ4n) is 5.36. The number of carbonyl (C=O) groups is 2. The van der Waals surface area contributed by atoms with Gasteiger partial charge >= 0.3 is 12.1 Å². The summed E-state index contributed by atoms with van der Waals surface area (Å²) < 4.78 is 104. The fourth-order valence-corrected chi connectivity index (χ4v) is 6.55. The third-order valence-electron chi connectivity index (χ3n) is 8.33. The number of carboxylic acids is 1. The second kappa shape index (κ2) is 17.9. The summed E-state index contributed by atoms with van der Waals surface area (Å²) in [7, 11) is -4.50. The predicted octanol–water partition coefficient (Wildman–Crippen LogP) is 5.85. The van der Waals surface area contributed by atoms with Crippen molar-refractivity contribution in [3.8, 4) is 11.5 Å². The average Bonchev–Trinajstić information content (AvgIpc) is 3.07. The summed E-state index contributed by atoms with van der Waals surface area (Å²) in [6.45, 7) is 3.36. The van der Waals surface area contributed by atoms with E-state index >= 15 is 8.78 Å². The van der Waals surface area contributed by atoms with Gasteiger partial charge in [-0.3, -0.25) is 4.79 Å². The van der Waals surface area contributed by atoms with E-state index in [0.29, 0.717) is 43.5 Å². The van der Waals surface area contributed by atoms with Gasteiger partial charge in [-0.05, 0) is 86.6 Å². The molecule has 0 aromatic heterocycles. The van der Waals surface area contributed by atoms with Crippen molar-refractivity contribution in [3.05, 3.63) is 54.1 Å². The van der Waals surface area contributed by atoms with Crippen LogP contribution in [0.4, 0.5) is 22.0 Å². The number of ether oxygens (including phenoxy) is 2. The lowest BCUT2D eigenvalue weighted by atomic mass is 9.90. The van der Waals surface area contributed by atoms with E-state index in [1.54, 1.807) is 0 Å². The number of nitrogens with one attached hydrogen (secondary N) is 1. The highest BCUT2D eigenvalue weighted by atomic mass is 32.2. The Morgan fingerprint density at radius 3 is 1.98 bits per heavy atom. The standard InChI is InChI=1S/C31H43F2N3O5S.C2HF3O2/c1-2-3-21-40-26-11-9-24(10-12-26)31(32,33)29(30(37)36-19-17-25(34)18-20-36)35-42(38,39)28-15-13-27(14-16-28)41-22-23-7-5-4-6-8-23;3-2(4,5)1(6)7/h9-16,23,25,29,35H,2-8,17-22,34H2,1H3;(H,6,7)/t29-;/m0./s1. The molecule has 49 heavy (non-hydrogen) atoms. The minimum atomic E-state index is -5.08. The minimum absolute atomic E-state index is 0.135. The number of amides is 1. The number of aliphatic carboxylic acids is 1. The van der Waals surface area contributed by atoms with E-state index in [1.807, 2.05) is 11.6 Å². The molecule has 10 nitrogen and oxygen atoms in total. The Labute approximate surface area is 283 Å². The van der Waals surface area contributed by atoms with Crippen molar-refractivity contribution < 1.29 is 54.5 Å². The first-order valence-corrected chi connectivity index (χ1v) is 17.7. The van der Waals surface area contributed by atoms with E-state index in [0.717, 1.165) is 25.7 Å². The first-order chi connectivity index (χ1) is 23.0. The molecule has 0 spiro atoms. The number of alkyl halides is 5. The van der Waals surface area contributed by atoms with E-state index in [2.05, 4.69) is 0 Å². The van der Waals surface area contributed by atoms with E-state index in [4.69, 9.17) is 25.1 Å². The zero-order valence-corrected chi connectivity index (χ0v) is 28.1. The number of sulfonamides is 1. The Morgan fingerprint density at radius 2 is 1.45 bits per heavy atom. The number of carbonyl (C=O) groups excluding carboxylic acids is 1. The highest BCUT2D eigenvalue weighted by molar-refractivity contribution is 7.89. The van der Waals surface area contributed by atoms with E-state index in [-0.39, 0.29) is 24.0 Å². The molecular formula is C33H44F5N3O7S. The highest BCUT2D eigenvalue weighted by Gasteiger charge is 2.50. The lowest BCUT2D eigenvalue weighted by Gasteiger charge is -2.35. The molecule has 1 aliphatic heterocycles. The zero-order chi connectivity index (χ0) is 36.2. The van der Waals surface area contributed by atoms with E-state index in [9.17, 15) is 26.4 Å². The molecular weight excluding hydrogens is 677 g/mol. The summed E-state index contributed by atoms with van der Waals surface area (Å²) in [4.78, 5) is 23.4. The van der Waals surface area contributed by atoms with Gasteiger partial charge in [-0.15, -0.1) is 0 Å². The van der Waals surface area contributed by atoms with Crippen LogP contribution < -0.4 is 19.9 Å². The van der Waals surface area contributed by atoms with Crippen molar-refractivity contribution in [1.29, 1.82) is 0 Å². The SMILES string of the molecule is CCCCOc1ccc(C(F)(F)[C@@H](NS(=O)(=O)c2ccc(OCC3CCCCC3)cc2)C(=O)N2CCC(N)CC2)cc1.O=C(O)C(F)(F)F. The van der Waals surface area contributed by atoms with Crippen molar-refractivity contribution in [2.24, 2.45) is 11.7 Å². The summed E-state index contributed by atoms with van der Waals surface area (Å²) in [5, 5.41) is 7.12. The van der Waals surface area contributed by atoms with Gasteiger partial charge < -0.3 is 25.2 Å². The molecule has 2 aliphatic rings. The lowest BCUT2D eigenvalue weighted by molar-refractivity contribution is -0.192. The summed E-state index contributed by atoms with van der Waals surface area (Å²) in [6, 6.07) is 8.28. The van der Waals surface area contributed by atoms with Crippen LogP contribution in [0.5, 0.6) is 11.5 Å². The van der Waals surface area contributed by atoms with Gasteiger partial charge in [-0.25, -0.2) is 13.2 Å². The van der Waals surface area contributed by atoms with Crippen LogP contribution in [0.15, 0.2) is 53.4 Å². The van der Waals surface area contributed by atoms with Crippen LogP contribution in [0.3, 0.4) is 0 Å². The molecule has 2 aromatic carbocycles. The summed E-state index contributed by atoms with van der Waals surface area (Å²) in [5.74, 6) is -6.21. The van der Waals surface area contributed by atoms with Crippen LogP contribution in [0.1, 0.15) is 70.3 Å². The second-order valence-electron chi connectivity index (χ2n) is 12.2. The van der Waals surface area contributed by atoms with Gasteiger partial charge in [0.25, 0.3) is 5.92 Å². The smallest absolute Gasteiger partial charge is 0.490 e. The molecule has 4 rings (SSSR count). The molecule has 1 atom stereocenters. The molecule has 0 bridgehead atoms. The van der Waals surface area contributed by atoms with E-state index in [1.165, 1.54) is 72.7 Å².